The molecule has 6 nitrogen and oxygen atoms in total. The highest BCUT2D eigenvalue weighted by Gasteiger charge is 2.53. The summed E-state index contributed by atoms with van der Waals surface area (Å²) in [4.78, 5) is 21.1. The van der Waals surface area contributed by atoms with Crippen LogP contribution in [0, 0.1) is 17.8 Å². The second-order valence-electron chi connectivity index (χ2n) is 8.25. The molecule has 130 valence electrons. The lowest BCUT2D eigenvalue weighted by molar-refractivity contribution is -0.125. The summed E-state index contributed by atoms with van der Waals surface area (Å²) in [6.07, 6.45) is 9.12. The van der Waals surface area contributed by atoms with E-state index in [9.17, 15) is 9.59 Å². The fourth-order valence-corrected chi connectivity index (χ4v) is 5.39. The van der Waals surface area contributed by atoms with Gasteiger partial charge in [-0.3, -0.25) is 0 Å². The summed E-state index contributed by atoms with van der Waals surface area (Å²) < 4.78 is 10.2. The molecule has 0 spiro atoms. The van der Waals surface area contributed by atoms with Crippen molar-refractivity contribution in [3.8, 4) is 0 Å². The highest BCUT2D eigenvalue weighted by atomic mass is 16.6. The number of hydrogen-bond donors (Lipinski definition) is 2. The standard InChI is InChI=1S/C11H17NO2.C6H11NO2/c12-10(13)14-11-4-7-1-8(5-11)3-9(2-7)6-11;1-6(3-2-4-6)9-5(7)8/h7-9H,1-6H2,(H2,12,13);2-4H2,1H3,(H2,7,8). The lowest BCUT2D eigenvalue weighted by Gasteiger charge is -2.55. The first-order chi connectivity index (χ1) is 10.8. The third-order valence-electron chi connectivity index (χ3n) is 6.06. The minimum Gasteiger partial charge on any atom is -0.443 e. The van der Waals surface area contributed by atoms with Crippen molar-refractivity contribution in [2.24, 2.45) is 29.2 Å². The van der Waals surface area contributed by atoms with Gasteiger partial charge in [0.1, 0.15) is 11.2 Å². The van der Waals surface area contributed by atoms with Gasteiger partial charge in [0.05, 0.1) is 0 Å². The number of ether oxygens (including phenoxy) is 2. The second kappa shape index (κ2) is 5.87. The number of hydrogen-bond acceptors (Lipinski definition) is 4. The molecular formula is C17H28N2O4. The molecule has 0 aromatic heterocycles. The Balaban J connectivity index is 0.000000151. The molecule has 0 aromatic rings. The average molecular weight is 324 g/mol. The number of carbonyl (C=O) groups is 2. The lowest BCUT2D eigenvalue weighted by atomic mass is 9.54. The molecule has 5 fully saturated rings. The van der Waals surface area contributed by atoms with E-state index in [1.807, 2.05) is 6.92 Å². The molecule has 0 saturated heterocycles. The quantitative estimate of drug-likeness (QED) is 0.814. The molecule has 23 heavy (non-hydrogen) atoms. The Morgan fingerprint density at radius 1 is 0.870 bits per heavy atom. The summed E-state index contributed by atoms with van der Waals surface area (Å²) in [5.74, 6) is 2.42. The third kappa shape index (κ3) is 3.72. The summed E-state index contributed by atoms with van der Waals surface area (Å²) in [6.45, 7) is 1.90. The Hall–Kier alpha value is -1.46. The van der Waals surface area contributed by atoms with Gasteiger partial charge in [-0.1, -0.05) is 0 Å². The van der Waals surface area contributed by atoms with Crippen LogP contribution in [-0.4, -0.2) is 23.4 Å². The molecule has 5 saturated carbocycles. The van der Waals surface area contributed by atoms with E-state index in [0.717, 1.165) is 56.3 Å². The van der Waals surface area contributed by atoms with Crippen LogP contribution in [0.5, 0.6) is 0 Å². The molecule has 5 aliphatic carbocycles. The summed E-state index contributed by atoms with van der Waals surface area (Å²) in [7, 11) is 0. The van der Waals surface area contributed by atoms with E-state index in [-0.39, 0.29) is 11.2 Å². The van der Waals surface area contributed by atoms with Gasteiger partial charge >= 0.3 is 12.2 Å². The van der Waals surface area contributed by atoms with Crippen molar-refractivity contribution in [1.29, 1.82) is 0 Å². The second-order valence-corrected chi connectivity index (χ2v) is 8.25. The Kier molecular flexibility index (Phi) is 4.19. The van der Waals surface area contributed by atoms with Crippen LogP contribution in [-0.2, 0) is 9.47 Å². The molecular weight excluding hydrogens is 296 g/mol. The molecule has 5 aliphatic rings. The topological polar surface area (TPSA) is 105 Å². The van der Waals surface area contributed by atoms with Crippen LogP contribution in [0.1, 0.15) is 64.7 Å². The van der Waals surface area contributed by atoms with Gasteiger partial charge in [0, 0.05) is 0 Å². The van der Waals surface area contributed by atoms with Gasteiger partial charge in [0.15, 0.2) is 0 Å². The van der Waals surface area contributed by atoms with Crippen LogP contribution in [0.3, 0.4) is 0 Å². The smallest absolute Gasteiger partial charge is 0.405 e. The number of nitrogens with two attached hydrogens (primary N) is 2. The maximum atomic E-state index is 10.9. The number of carbonyl (C=O) groups excluding carboxylic acids is 2. The van der Waals surface area contributed by atoms with Crippen molar-refractivity contribution >= 4 is 12.2 Å². The fraction of sp³-hybridized carbons (Fsp3) is 0.882. The molecule has 0 radical (unpaired) electrons. The SMILES string of the molecule is CC1(OC(N)=O)CCC1.NC(=O)OC12CC3CC(CC(C3)C1)C2. The van der Waals surface area contributed by atoms with Crippen molar-refractivity contribution in [2.45, 2.75) is 75.9 Å². The van der Waals surface area contributed by atoms with Crippen LogP contribution in [0.25, 0.3) is 0 Å². The van der Waals surface area contributed by atoms with Crippen molar-refractivity contribution < 1.29 is 19.1 Å². The van der Waals surface area contributed by atoms with Crippen molar-refractivity contribution in [1.82, 2.24) is 0 Å². The van der Waals surface area contributed by atoms with E-state index in [2.05, 4.69) is 0 Å². The lowest BCUT2D eigenvalue weighted by Crippen LogP contribution is -2.53. The Labute approximate surface area is 137 Å². The Bertz CT molecular complexity index is 452. The zero-order valence-electron chi connectivity index (χ0n) is 13.9. The van der Waals surface area contributed by atoms with Crippen LogP contribution < -0.4 is 11.5 Å². The van der Waals surface area contributed by atoms with Gasteiger partial charge < -0.3 is 20.9 Å². The number of rotatable bonds is 2. The molecule has 0 heterocycles. The minimum atomic E-state index is -0.655. The van der Waals surface area contributed by atoms with E-state index >= 15 is 0 Å². The molecule has 4 N–H and O–H groups in total. The maximum Gasteiger partial charge on any atom is 0.405 e. The van der Waals surface area contributed by atoms with E-state index in [4.69, 9.17) is 20.9 Å². The van der Waals surface area contributed by atoms with Gasteiger partial charge in [0.2, 0.25) is 0 Å². The van der Waals surface area contributed by atoms with Gasteiger partial charge in [-0.2, -0.15) is 0 Å². The molecule has 4 bridgehead atoms. The molecule has 0 aromatic carbocycles. The van der Waals surface area contributed by atoms with Crippen molar-refractivity contribution in [2.75, 3.05) is 0 Å². The monoisotopic (exact) mass is 324 g/mol. The van der Waals surface area contributed by atoms with Crippen molar-refractivity contribution in [3.63, 3.8) is 0 Å². The van der Waals surface area contributed by atoms with Crippen LogP contribution in [0.15, 0.2) is 0 Å². The zero-order valence-corrected chi connectivity index (χ0v) is 13.9. The molecule has 0 unspecified atom stereocenters. The first kappa shape index (κ1) is 16.4. The predicted octanol–water partition coefficient (Wildman–Crippen LogP) is 3.07. The van der Waals surface area contributed by atoms with E-state index in [1.54, 1.807) is 0 Å². The predicted molar refractivity (Wildman–Crippen MR) is 84.5 cm³/mol. The van der Waals surface area contributed by atoms with Crippen LogP contribution in [0.4, 0.5) is 9.59 Å². The summed E-state index contributed by atoms with van der Waals surface area (Å²) in [6, 6.07) is 0. The fourth-order valence-electron chi connectivity index (χ4n) is 5.39. The molecule has 0 atom stereocenters. The third-order valence-corrected chi connectivity index (χ3v) is 6.06. The van der Waals surface area contributed by atoms with Gasteiger partial charge in [-0.25, -0.2) is 9.59 Å². The van der Waals surface area contributed by atoms with E-state index < -0.39 is 12.2 Å². The molecule has 5 rings (SSSR count). The first-order valence-corrected chi connectivity index (χ1v) is 8.74. The minimum absolute atomic E-state index is 0.152. The number of primary amides is 2. The summed E-state index contributed by atoms with van der Waals surface area (Å²) in [5, 5.41) is 0. The van der Waals surface area contributed by atoms with Gasteiger partial charge in [-0.05, 0) is 82.5 Å². The number of amides is 2. The highest BCUT2D eigenvalue weighted by molar-refractivity contribution is 5.65. The largest absolute Gasteiger partial charge is 0.443 e. The first-order valence-electron chi connectivity index (χ1n) is 8.74. The molecule has 2 amide bonds. The normalized spacial score (nSPS) is 38.7. The van der Waals surface area contributed by atoms with Gasteiger partial charge in [-0.15, -0.1) is 0 Å². The summed E-state index contributed by atoms with van der Waals surface area (Å²) in [5.41, 5.74) is 9.60. The van der Waals surface area contributed by atoms with Crippen LogP contribution >= 0.6 is 0 Å². The van der Waals surface area contributed by atoms with Crippen LogP contribution in [0.2, 0.25) is 0 Å². The van der Waals surface area contributed by atoms with E-state index in [1.165, 1.54) is 19.3 Å². The highest BCUT2D eigenvalue weighted by Crippen LogP contribution is 2.57. The van der Waals surface area contributed by atoms with Crippen molar-refractivity contribution in [3.05, 3.63) is 0 Å². The summed E-state index contributed by atoms with van der Waals surface area (Å²) >= 11 is 0. The average Bonchev–Trinajstić information content (AvgIpc) is 2.33. The molecule has 6 heteroatoms. The zero-order chi connectivity index (χ0) is 16.7. The van der Waals surface area contributed by atoms with Gasteiger partial charge in [0.25, 0.3) is 0 Å². The molecule has 0 aliphatic heterocycles. The maximum absolute atomic E-state index is 10.9. The Morgan fingerprint density at radius 3 is 1.57 bits per heavy atom. The Morgan fingerprint density at radius 2 is 1.30 bits per heavy atom. The van der Waals surface area contributed by atoms with E-state index in [0.29, 0.717) is 0 Å².